The fraction of sp³-hybridized carbons (Fsp3) is 0.308. The zero-order chi connectivity index (χ0) is 15.1. The number of amides is 3. The van der Waals surface area contributed by atoms with Crippen molar-refractivity contribution in [1.29, 1.82) is 0 Å². The second-order valence-corrected chi connectivity index (χ2v) is 4.32. The second-order valence-electron chi connectivity index (χ2n) is 4.32. The van der Waals surface area contributed by atoms with Crippen molar-refractivity contribution < 1.29 is 19.5 Å². The Balaban J connectivity index is 2.62. The number of urea groups is 1. The maximum atomic E-state index is 11.6. The van der Waals surface area contributed by atoms with Crippen LogP contribution in [0.25, 0.3) is 0 Å². The molecule has 7 heteroatoms. The number of nitrogens with two attached hydrogens (primary N) is 1. The predicted octanol–water partition coefficient (Wildman–Crippen LogP) is -0.145. The molecule has 0 saturated carbocycles. The Morgan fingerprint density at radius 1 is 1.20 bits per heavy atom. The Labute approximate surface area is 116 Å². The summed E-state index contributed by atoms with van der Waals surface area (Å²) in [4.78, 5) is 33.5. The van der Waals surface area contributed by atoms with Crippen molar-refractivity contribution in [2.75, 3.05) is 0 Å². The fourth-order valence-corrected chi connectivity index (χ4v) is 1.52. The highest BCUT2D eigenvalue weighted by molar-refractivity contribution is 5.87. The van der Waals surface area contributed by atoms with Crippen LogP contribution in [0.3, 0.4) is 0 Å². The molecule has 1 aromatic carbocycles. The minimum absolute atomic E-state index is 0.147. The van der Waals surface area contributed by atoms with Gasteiger partial charge in [0.25, 0.3) is 0 Å². The Morgan fingerprint density at radius 3 is 2.30 bits per heavy atom. The van der Waals surface area contributed by atoms with Crippen LogP contribution in [0.4, 0.5) is 4.79 Å². The summed E-state index contributed by atoms with van der Waals surface area (Å²) in [5.41, 5.74) is 5.78. The number of aliphatic carboxylic acids is 1. The normalized spacial score (nSPS) is 13.1. The molecule has 2 atom stereocenters. The van der Waals surface area contributed by atoms with E-state index in [4.69, 9.17) is 10.8 Å². The average molecular weight is 279 g/mol. The summed E-state index contributed by atoms with van der Waals surface area (Å²) >= 11 is 0. The lowest BCUT2D eigenvalue weighted by Gasteiger charge is -2.17. The Morgan fingerprint density at radius 2 is 1.80 bits per heavy atom. The smallest absolute Gasteiger partial charge is 0.326 e. The summed E-state index contributed by atoms with van der Waals surface area (Å²) in [5.74, 6) is -1.86. The van der Waals surface area contributed by atoms with Gasteiger partial charge in [-0.25, -0.2) is 9.59 Å². The molecule has 3 amide bonds. The minimum atomic E-state index is -1.16. The van der Waals surface area contributed by atoms with Crippen LogP contribution in [0.2, 0.25) is 0 Å². The number of primary amides is 1. The lowest BCUT2D eigenvalue weighted by atomic mass is 10.1. The maximum absolute atomic E-state index is 11.6. The molecule has 0 heterocycles. The van der Waals surface area contributed by atoms with Crippen molar-refractivity contribution in [2.24, 2.45) is 5.73 Å². The Bertz CT molecular complexity index is 490. The van der Waals surface area contributed by atoms with Crippen LogP contribution in [-0.4, -0.2) is 35.1 Å². The number of benzene rings is 1. The van der Waals surface area contributed by atoms with Crippen LogP contribution in [0.1, 0.15) is 12.5 Å². The van der Waals surface area contributed by atoms with Gasteiger partial charge in [-0.05, 0) is 12.5 Å². The standard InChI is InChI=1S/C13H17N3O4/c1-8(11(14)17)15-13(20)16-10(12(18)19)7-9-5-3-2-4-6-9/h2-6,8,10H,7H2,1H3,(H2,14,17)(H,18,19)(H2,15,16,20)/t8?,10-/m0/s1. The highest BCUT2D eigenvalue weighted by Crippen LogP contribution is 2.03. The quantitative estimate of drug-likeness (QED) is 0.578. The number of hydrogen-bond donors (Lipinski definition) is 4. The van der Waals surface area contributed by atoms with Gasteiger partial charge >= 0.3 is 12.0 Å². The largest absolute Gasteiger partial charge is 0.480 e. The summed E-state index contributed by atoms with van der Waals surface area (Å²) < 4.78 is 0. The Kier molecular flexibility index (Phi) is 5.52. The fourth-order valence-electron chi connectivity index (χ4n) is 1.52. The first-order chi connectivity index (χ1) is 9.40. The summed E-state index contributed by atoms with van der Waals surface area (Å²) in [5, 5.41) is 13.6. The van der Waals surface area contributed by atoms with Gasteiger partial charge in [0.05, 0.1) is 0 Å². The molecule has 0 saturated heterocycles. The number of rotatable bonds is 6. The van der Waals surface area contributed by atoms with Crippen LogP contribution >= 0.6 is 0 Å². The van der Waals surface area contributed by atoms with E-state index < -0.39 is 30.0 Å². The van der Waals surface area contributed by atoms with Crippen LogP contribution in [0.15, 0.2) is 30.3 Å². The summed E-state index contributed by atoms with van der Waals surface area (Å²) in [6.45, 7) is 1.41. The van der Waals surface area contributed by atoms with Gasteiger partial charge < -0.3 is 21.5 Å². The lowest BCUT2D eigenvalue weighted by molar-refractivity contribution is -0.139. The monoisotopic (exact) mass is 279 g/mol. The van der Waals surface area contributed by atoms with Crippen molar-refractivity contribution in [1.82, 2.24) is 10.6 Å². The number of carboxylic acid groups (broad SMARTS) is 1. The number of carbonyl (C=O) groups excluding carboxylic acids is 2. The molecule has 108 valence electrons. The van der Waals surface area contributed by atoms with E-state index in [1.54, 1.807) is 24.3 Å². The third kappa shape index (κ3) is 4.97. The first-order valence-corrected chi connectivity index (χ1v) is 6.03. The topological polar surface area (TPSA) is 122 Å². The number of carboxylic acids is 1. The van der Waals surface area contributed by atoms with E-state index in [9.17, 15) is 14.4 Å². The van der Waals surface area contributed by atoms with Crippen molar-refractivity contribution in [2.45, 2.75) is 25.4 Å². The molecule has 0 aromatic heterocycles. The minimum Gasteiger partial charge on any atom is -0.480 e. The third-order valence-electron chi connectivity index (χ3n) is 2.66. The molecular formula is C13H17N3O4. The SMILES string of the molecule is CC(NC(=O)N[C@@H](Cc1ccccc1)C(=O)O)C(N)=O. The van der Waals surface area contributed by atoms with Crippen molar-refractivity contribution >= 4 is 17.9 Å². The highest BCUT2D eigenvalue weighted by atomic mass is 16.4. The summed E-state index contributed by atoms with van der Waals surface area (Å²) in [6.07, 6.45) is 0.147. The molecule has 20 heavy (non-hydrogen) atoms. The molecule has 7 nitrogen and oxygen atoms in total. The highest BCUT2D eigenvalue weighted by Gasteiger charge is 2.21. The van der Waals surface area contributed by atoms with E-state index >= 15 is 0 Å². The van der Waals surface area contributed by atoms with Gasteiger partial charge in [0.1, 0.15) is 12.1 Å². The zero-order valence-electron chi connectivity index (χ0n) is 11.0. The average Bonchev–Trinajstić information content (AvgIpc) is 2.38. The Hall–Kier alpha value is -2.57. The molecule has 0 fully saturated rings. The van der Waals surface area contributed by atoms with Gasteiger partial charge in [0.2, 0.25) is 5.91 Å². The molecule has 5 N–H and O–H groups in total. The van der Waals surface area contributed by atoms with E-state index in [1.165, 1.54) is 6.92 Å². The maximum Gasteiger partial charge on any atom is 0.326 e. The van der Waals surface area contributed by atoms with Gasteiger partial charge in [-0.2, -0.15) is 0 Å². The van der Waals surface area contributed by atoms with Gasteiger partial charge in [0, 0.05) is 6.42 Å². The first kappa shape index (κ1) is 15.5. The van der Waals surface area contributed by atoms with Gasteiger partial charge in [0.15, 0.2) is 0 Å². The molecule has 0 aliphatic rings. The van der Waals surface area contributed by atoms with Gasteiger partial charge in [-0.3, -0.25) is 4.79 Å². The molecular weight excluding hydrogens is 262 g/mol. The van der Waals surface area contributed by atoms with E-state index in [0.717, 1.165) is 5.56 Å². The van der Waals surface area contributed by atoms with Crippen LogP contribution < -0.4 is 16.4 Å². The van der Waals surface area contributed by atoms with Crippen molar-refractivity contribution in [3.8, 4) is 0 Å². The second kappa shape index (κ2) is 7.13. The number of carbonyl (C=O) groups is 3. The summed E-state index contributed by atoms with van der Waals surface area (Å²) in [6, 6.07) is 6.20. The van der Waals surface area contributed by atoms with Crippen LogP contribution in [0.5, 0.6) is 0 Å². The molecule has 0 spiro atoms. The summed E-state index contributed by atoms with van der Waals surface area (Å²) in [7, 11) is 0. The van der Waals surface area contributed by atoms with Crippen molar-refractivity contribution in [3.05, 3.63) is 35.9 Å². The number of hydrogen-bond acceptors (Lipinski definition) is 3. The first-order valence-electron chi connectivity index (χ1n) is 6.03. The number of nitrogens with one attached hydrogen (secondary N) is 2. The molecule has 0 aliphatic carbocycles. The molecule has 1 unspecified atom stereocenters. The molecule has 0 bridgehead atoms. The van der Waals surface area contributed by atoms with Gasteiger partial charge in [-0.15, -0.1) is 0 Å². The molecule has 1 rings (SSSR count). The van der Waals surface area contributed by atoms with E-state index in [1.807, 2.05) is 6.07 Å². The molecule has 1 aromatic rings. The van der Waals surface area contributed by atoms with Crippen LogP contribution in [0, 0.1) is 0 Å². The molecule has 0 aliphatic heterocycles. The van der Waals surface area contributed by atoms with Gasteiger partial charge in [-0.1, -0.05) is 30.3 Å². The van der Waals surface area contributed by atoms with Crippen LogP contribution in [-0.2, 0) is 16.0 Å². The third-order valence-corrected chi connectivity index (χ3v) is 2.66. The predicted molar refractivity (Wildman–Crippen MR) is 71.9 cm³/mol. The van der Waals surface area contributed by atoms with E-state index in [2.05, 4.69) is 10.6 Å². The van der Waals surface area contributed by atoms with E-state index in [0.29, 0.717) is 0 Å². The molecule has 0 radical (unpaired) electrons. The van der Waals surface area contributed by atoms with E-state index in [-0.39, 0.29) is 6.42 Å². The zero-order valence-corrected chi connectivity index (χ0v) is 11.0. The lowest BCUT2D eigenvalue weighted by Crippen LogP contribution is -2.52. The van der Waals surface area contributed by atoms with Crippen molar-refractivity contribution in [3.63, 3.8) is 0 Å².